The number of halogens is 3. The first-order chi connectivity index (χ1) is 8.82. The average molecular weight is 280 g/mol. The number of allylic oxidation sites excluding steroid dienone is 2. The molecule has 1 unspecified atom stereocenters. The lowest BCUT2D eigenvalue weighted by atomic mass is 9.98. The number of unbranched alkanes of at least 4 members (excludes halogenated alkanes) is 3. The smallest absolute Gasteiger partial charge is 0.398 e. The predicted octanol–water partition coefficient (Wildman–Crippen LogP) is 4.99. The molecular formula is C14H23F3O2. The molecule has 0 aromatic heterocycles. The van der Waals surface area contributed by atoms with Crippen molar-refractivity contribution in [2.24, 2.45) is 5.92 Å². The van der Waals surface area contributed by atoms with Gasteiger partial charge in [-0.3, -0.25) is 4.79 Å². The van der Waals surface area contributed by atoms with Crippen molar-refractivity contribution in [1.82, 2.24) is 0 Å². The number of alkyl halides is 3. The van der Waals surface area contributed by atoms with Crippen molar-refractivity contribution < 1.29 is 22.7 Å². The van der Waals surface area contributed by atoms with Gasteiger partial charge in [0, 0.05) is 6.92 Å². The molecule has 19 heavy (non-hydrogen) atoms. The topological polar surface area (TPSA) is 26.3 Å². The Balaban J connectivity index is 4.99. The van der Waals surface area contributed by atoms with E-state index in [1.54, 1.807) is 0 Å². The van der Waals surface area contributed by atoms with Crippen molar-refractivity contribution in [3.63, 3.8) is 0 Å². The van der Waals surface area contributed by atoms with Crippen LogP contribution in [0.1, 0.15) is 59.3 Å². The monoisotopic (exact) mass is 280 g/mol. The summed E-state index contributed by atoms with van der Waals surface area (Å²) in [6.07, 6.45) is 0.300. The Bertz CT molecular complexity index is 296. The summed E-state index contributed by atoms with van der Waals surface area (Å²) in [6.45, 7) is 4.91. The number of esters is 1. The third-order valence-corrected chi connectivity index (χ3v) is 2.75. The van der Waals surface area contributed by atoms with Crippen LogP contribution in [0, 0.1) is 5.92 Å². The first kappa shape index (κ1) is 18.0. The Morgan fingerprint density at radius 3 is 2.21 bits per heavy atom. The van der Waals surface area contributed by atoms with E-state index in [4.69, 9.17) is 4.74 Å². The highest BCUT2D eigenvalue weighted by Crippen LogP contribution is 2.36. The van der Waals surface area contributed by atoms with Crippen LogP contribution in [0.2, 0.25) is 0 Å². The molecule has 0 heterocycles. The lowest BCUT2D eigenvalue weighted by Gasteiger charge is -2.22. The van der Waals surface area contributed by atoms with E-state index in [1.165, 1.54) is 6.08 Å². The van der Waals surface area contributed by atoms with E-state index in [-0.39, 0.29) is 12.2 Å². The van der Waals surface area contributed by atoms with Crippen molar-refractivity contribution in [3.05, 3.63) is 11.8 Å². The molecule has 0 rings (SSSR count). The minimum Gasteiger partial charge on any atom is -0.431 e. The van der Waals surface area contributed by atoms with Crippen LogP contribution in [0.4, 0.5) is 13.2 Å². The van der Waals surface area contributed by atoms with Crippen LogP contribution in [-0.2, 0) is 9.53 Å². The maximum atomic E-state index is 13.0. The Hall–Kier alpha value is -1.00. The lowest BCUT2D eigenvalue weighted by molar-refractivity contribution is -0.177. The van der Waals surface area contributed by atoms with E-state index in [1.807, 2.05) is 13.8 Å². The van der Waals surface area contributed by atoms with E-state index >= 15 is 0 Å². The Labute approximate surface area is 113 Å². The fraction of sp³-hybridized carbons (Fsp3) is 0.786. The molecule has 0 aliphatic carbocycles. The summed E-state index contributed by atoms with van der Waals surface area (Å²) >= 11 is 0. The maximum Gasteiger partial charge on any atom is 0.398 e. The van der Waals surface area contributed by atoms with Crippen LogP contribution in [-0.4, -0.2) is 12.1 Å². The summed E-state index contributed by atoms with van der Waals surface area (Å²) in [7, 11) is 0. The van der Waals surface area contributed by atoms with Crippen LogP contribution in [0.25, 0.3) is 0 Å². The van der Waals surface area contributed by atoms with Crippen molar-refractivity contribution in [1.29, 1.82) is 0 Å². The van der Waals surface area contributed by atoms with Crippen molar-refractivity contribution >= 4 is 5.97 Å². The van der Waals surface area contributed by atoms with Gasteiger partial charge >= 0.3 is 12.1 Å². The zero-order chi connectivity index (χ0) is 14.9. The van der Waals surface area contributed by atoms with E-state index in [9.17, 15) is 18.0 Å². The first-order valence-electron chi connectivity index (χ1n) is 6.78. The standard InChI is InChI=1S/C14H23F3O2/c1-4-6-8-10-13(19-11(3)18)12(9-7-5-2)14(15,16)17/h10,12H,4-9H2,1-3H3. The molecule has 0 aliphatic heterocycles. The number of hydrogen-bond donors (Lipinski definition) is 0. The third kappa shape index (κ3) is 7.90. The third-order valence-electron chi connectivity index (χ3n) is 2.75. The zero-order valence-corrected chi connectivity index (χ0v) is 11.8. The second-order valence-corrected chi connectivity index (χ2v) is 4.58. The molecular weight excluding hydrogens is 257 g/mol. The van der Waals surface area contributed by atoms with Gasteiger partial charge in [-0.1, -0.05) is 33.1 Å². The summed E-state index contributed by atoms with van der Waals surface area (Å²) in [5.74, 6) is -2.61. The second kappa shape index (κ2) is 8.99. The van der Waals surface area contributed by atoms with Gasteiger partial charge in [0.2, 0.25) is 0 Å². The highest BCUT2D eigenvalue weighted by molar-refractivity contribution is 5.67. The van der Waals surface area contributed by atoms with E-state index in [2.05, 4.69) is 0 Å². The van der Waals surface area contributed by atoms with E-state index in [0.29, 0.717) is 19.3 Å². The molecule has 0 saturated carbocycles. The molecule has 0 radical (unpaired) electrons. The van der Waals surface area contributed by atoms with Crippen molar-refractivity contribution in [2.45, 2.75) is 65.5 Å². The first-order valence-corrected chi connectivity index (χ1v) is 6.78. The van der Waals surface area contributed by atoms with Crippen LogP contribution >= 0.6 is 0 Å². The SMILES string of the molecule is CCCCC=C(OC(C)=O)C(CCCC)C(F)(F)F. The molecule has 0 aromatic carbocycles. The van der Waals surface area contributed by atoms with E-state index < -0.39 is 18.1 Å². The van der Waals surface area contributed by atoms with Crippen LogP contribution < -0.4 is 0 Å². The molecule has 5 heteroatoms. The Kier molecular flexibility index (Phi) is 8.52. The van der Waals surface area contributed by atoms with Crippen LogP contribution in [0.15, 0.2) is 11.8 Å². The fourth-order valence-corrected chi connectivity index (χ4v) is 1.74. The van der Waals surface area contributed by atoms with Gasteiger partial charge in [-0.25, -0.2) is 0 Å². The summed E-state index contributed by atoms with van der Waals surface area (Å²) < 4.78 is 43.8. The molecule has 0 spiro atoms. The van der Waals surface area contributed by atoms with Crippen LogP contribution in [0.5, 0.6) is 0 Å². The molecule has 0 N–H and O–H groups in total. The molecule has 0 saturated heterocycles. The average Bonchev–Trinajstić information content (AvgIpc) is 2.27. The minimum atomic E-state index is -4.37. The molecule has 0 aliphatic rings. The summed E-state index contributed by atoms with van der Waals surface area (Å²) in [6, 6.07) is 0. The maximum absolute atomic E-state index is 13.0. The number of carbonyl (C=O) groups is 1. The number of rotatable bonds is 8. The van der Waals surface area contributed by atoms with Gasteiger partial charge in [-0.15, -0.1) is 0 Å². The quantitative estimate of drug-likeness (QED) is 0.355. The van der Waals surface area contributed by atoms with Gasteiger partial charge < -0.3 is 4.74 Å². The number of carbonyl (C=O) groups excluding carboxylic acids is 1. The Morgan fingerprint density at radius 1 is 1.21 bits per heavy atom. The van der Waals surface area contributed by atoms with E-state index in [0.717, 1.165) is 19.8 Å². The molecule has 0 aromatic rings. The fourth-order valence-electron chi connectivity index (χ4n) is 1.74. The normalized spacial score (nSPS) is 14.3. The predicted molar refractivity (Wildman–Crippen MR) is 68.4 cm³/mol. The zero-order valence-electron chi connectivity index (χ0n) is 11.8. The molecule has 1 atom stereocenters. The lowest BCUT2D eigenvalue weighted by Crippen LogP contribution is -2.27. The highest BCUT2D eigenvalue weighted by atomic mass is 19.4. The van der Waals surface area contributed by atoms with Gasteiger partial charge in [0.25, 0.3) is 0 Å². The van der Waals surface area contributed by atoms with Crippen molar-refractivity contribution in [3.8, 4) is 0 Å². The summed E-state index contributed by atoms with van der Waals surface area (Å²) in [5.41, 5.74) is 0. The van der Waals surface area contributed by atoms with Gasteiger partial charge in [0.15, 0.2) is 0 Å². The van der Waals surface area contributed by atoms with Crippen LogP contribution in [0.3, 0.4) is 0 Å². The highest BCUT2D eigenvalue weighted by Gasteiger charge is 2.42. The number of ether oxygens (including phenoxy) is 1. The molecule has 112 valence electrons. The molecule has 0 amide bonds. The van der Waals surface area contributed by atoms with Gasteiger partial charge in [-0.2, -0.15) is 13.2 Å². The largest absolute Gasteiger partial charge is 0.431 e. The van der Waals surface area contributed by atoms with Gasteiger partial charge in [-0.05, 0) is 25.3 Å². The van der Waals surface area contributed by atoms with Gasteiger partial charge in [0.05, 0.1) is 0 Å². The summed E-state index contributed by atoms with van der Waals surface area (Å²) in [5, 5.41) is 0. The van der Waals surface area contributed by atoms with Gasteiger partial charge in [0.1, 0.15) is 11.7 Å². The minimum absolute atomic E-state index is 0.0365. The van der Waals surface area contributed by atoms with Crippen molar-refractivity contribution in [2.75, 3.05) is 0 Å². The number of hydrogen-bond acceptors (Lipinski definition) is 2. The second-order valence-electron chi connectivity index (χ2n) is 4.58. The Morgan fingerprint density at radius 2 is 1.79 bits per heavy atom. The molecule has 2 nitrogen and oxygen atoms in total. The summed E-state index contributed by atoms with van der Waals surface area (Å²) in [4.78, 5) is 11.0. The molecule has 0 bridgehead atoms. The molecule has 0 fully saturated rings.